The summed E-state index contributed by atoms with van der Waals surface area (Å²) in [5.74, 6) is 0.282. The summed E-state index contributed by atoms with van der Waals surface area (Å²) in [7, 11) is 0. The van der Waals surface area contributed by atoms with E-state index in [1.165, 1.54) is 5.56 Å². The molecule has 2 aromatic rings. The first kappa shape index (κ1) is 16.7. The third-order valence-electron chi connectivity index (χ3n) is 3.06. The standard InChI is InChI=1S/C17H17Cl2NO2/c18-14-8-9-16(15(19)11-14)22-12-17(21)20-10-4-7-13-5-2-1-3-6-13/h1-3,5-6,8-9,11H,4,7,10,12H2,(H,20,21). The number of ether oxygens (including phenoxy) is 1. The van der Waals surface area contributed by atoms with E-state index in [0.717, 1.165) is 12.8 Å². The number of nitrogens with one attached hydrogen (secondary N) is 1. The molecule has 22 heavy (non-hydrogen) atoms. The number of hydrogen-bond acceptors (Lipinski definition) is 2. The van der Waals surface area contributed by atoms with Gasteiger partial charge in [-0.15, -0.1) is 0 Å². The molecule has 2 rings (SSSR count). The predicted molar refractivity (Wildman–Crippen MR) is 89.7 cm³/mol. The summed E-state index contributed by atoms with van der Waals surface area (Å²) < 4.78 is 5.37. The minimum atomic E-state index is -0.168. The summed E-state index contributed by atoms with van der Waals surface area (Å²) in [5.41, 5.74) is 1.26. The first-order valence-electron chi connectivity index (χ1n) is 7.03. The third kappa shape index (κ3) is 5.58. The highest BCUT2D eigenvalue weighted by Crippen LogP contribution is 2.27. The maximum atomic E-state index is 11.7. The molecule has 0 aromatic heterocycles. The third-order valence-corrected chi connectivity index (χ3v) is 3.59. The Balaban J connectivity index is 1.65. The van der Waals surface area contributed by atoms with Crippen molar-refractivity contribution in [1.82, 2.24) is 5.32 Å². The van der Waals surface area contributed by atoms with Crippen LogP contribution in [0.25, 0.3) is 0 Å². The number of hydrogen-bond donors (Lipinski definition) is 1. The van der Waals surface area contributed by atoms with Gasteiger partial charge in [0.25, 0.3) is 5.91 Å². The molecule has 0 radical (unpaired) electrons. The highest BCUT2D eigenvalue weighted by Gasteiger charge is 2.06. The maximum absolute atomic E-state index is 11.7. The molecule has 1 amide bonds. The molecule has 116 valence electrons. The molecule has 0 unspecified atom stereocenters. The first-order valence-corrected chi connectivity index (χ1v) is 7.79. The van der Waals surface area contributed by atoms with Crippen LogP contribution in [0.1, 0.15) is 12.0 Å². The van der Waals surface area contributed by atoms with E-state index in [0.29, 0.717) is 22.3 Å². The molecule has 0 fully saturated rings. The van der Waals surface area contributed by atoms with Crippen molar-refractivity contribution >= 4 is 29.1 Å². The SMILES string of the molecule is O=C(COc1ccc(Cl)cc1Cl)NCCCc1ccccc1. The molecule has 0 spiro atoms. The topological polar surface area (TPSA) is 38.3 Å². The van der Waals surface area contributed by atoms with Crippen LogP contribution < -0.4 is 10.1 Å². The molecule has 0 heterocycles. The lowest BCUT2D eigenvalue weighted by Gasteiger charge is -2.09. The summed E-state index contributed by atoms with van der Waals surface area (Å²) in [6, 6.07) is 15.1. The van der Waals surface area contributed by atoms with Crippen LogP contribution in [0.5, 0.6) is 5.75 Å². The van der Waals surface area contributed by atoms with Crippen molar-refractivity contribution in [2.24, 2.45) is 0 Å². The van der Waals surface area contributed by atoms with E-state index in [1.807, 2.05) is 18.2 Å². The number of amides is 1. The van der Waals surface area contributed by atoms with Gasteiger partial charge in [-0.2, -0.15) is 0 Å². The number of rotatable bonds is 7. The number of aryl methyl sites for hydroxylation is 1. The van der Waals surface area contributed by atoms with Crippen molar-refractivity contribution in [1.29, 1.82) is 0 Å². The Morgan fingerprint density at radius 1 is 1.09 bits per heavy atom. The van der Waals surface area contributed by atoms with Crippen LogP contribution in [0, 0.1) is 0 Å². The second-order valence-corrected chi connectivity index (χ2v) is 5.65. The van der Waals surface area contributed by atoms with Crippen LogP contribution >= 0.6 is 23.2 Å². The monoisotopic (exact) mass is 337 g/mol. The highest BCUT2D eigenvalue weighted by molar-refractivity contribution is 6.35. The van der Waals surface area contributed by atoms with Crippen LogP contribution in [0.15, 0.2) is 48.5 Å². The summed E-state index contributed by atoms with van der Waals surface area (Å²) in [6.07, 6.45) is 1.82. The van der Waals surface area contributed by atoms with Gasteiger partial charge in [0.1, 0.15) is 5.75 Å². The Bertz CT molecular complexity index is 617. The van der Waals surface area contributed by atoms with E-state index in [9.17, 15) is 4.79 Å². The molecule has 1 N–H and O–H groups in total. The number of halogens is 2. The lowest BCUT2D eigenvalue weighted by atomic mass is 10.1. The van der Waals surface area contributed by atoms with Gasteiger partial charge in [-0.25, -0.2) is 0 Å². The molecule has 0 aliphatic rings. The molecule has 5 heteroatoms. The molecule has 0 saturated carbocycles. The van der Waals surface area contributed by atoms with Crippen molar-refractivity contribution in [2.45, 2.75) is 12.8 Å². The van der Waals surface area contributed by atoms with Crippen LogP contribution in [-0.4, -0.2) is 19.1 Å². The molecule has 0 bridgehead atoms. The average molecular weight is 338 g/mol. The van der Waals surface area contributed by atoms with Gasteiger partial charge in [-0.1, -0.05) is 53.5 Å². The molecule has 0 aliphatic heterocycles. The van der Waals surface area contributed by atoms with Gasteiger partial charge in [0.05, 0.1) is 5.02 Å². The quantitative estimate of drug-likeness (QED) is 0.771. The van der Waals surface area contributed by atoms with Crippen LogP contribution in [-0.2, 0) is 11.2 Å². The zero-order valence-corrected chi connectivity index (χ0v) is 13.5. The Hall–Kier alpha value is -1.71. The second-order valence-electron chi connectivity index (χ2n) is 4.80. The molecule has 0 saturated heterocycles. The molecule has 2 aromatic carbocycles. The van der Waals surface area contributed by atoms with Crippen molar-refractivity contribution in [2.75, 3.05) is 13.2 Å². The molecule has 0 atom stereocenters. The minimum absolute atomic E-state index is 0.0628. The fourth-order valence-electron chi connectivity index (χ4n) is 1.95. The van der Waals surface area contributed by atoms with Crippen molar-refractivity contribution in [3.05, 3.63) is 64.1 Å². The van der Waals surface area contributed by atoms with Gasteiger partial charge in [0, 0.05) is 11.6 Å². The smallest absolute Gasteiger partial charge is 0.257 e. The summed E-state index contributed by atoms with van der Waals surface area (Å²) in [4.78, 5) is 11.7. The second kappa shape index (κ2) is 8.66. The van der Waals surface area contributed by atoms with Crippen molar-refractivity contribution < 1.29 is 9.53 Å². The molecule has 0 aliphatic carbocycles. The summed E-state index contributed by atoms with van der Waals surface area (Å²) >= 11 is 11.8. The van der Waals surface area contributed by atoms with E-state index < -0.39 is 0 Å². The van der Waals surface area contributed by atoms with Crippen LogP contribution in [0.4, 0.5) is 0 Å². The Labute approximate surface area is 140 Å². The zero-order valence-electron chi connectivity index (χ0n) is 12.0. The van der Waals surface area contributed by atoms with E-state index in [4.69, 9.17) is 27.9 Å². The van der Waals surface area contributed by atoms with Crippen LogP contribution in [0.3, 0.4) is 0 Å². The lowest BCUT2D eigenvalue weighted by molar-refractivity contribution is -0.123. The Kier molecular flexibility index (Phi) is 6.56. The van der Waals surface area contributed by atoms with Gasteiger partial charge in [-0.3, -0.25) is 4.79 Å². The van der Waals surface area contributed by atoms with Gasteiger partial charge < -0.3 is 10.1 Å². The predicted octanol–water partition coefficient (Wildman–Crippen LogP) is 4.12. The first-order chi connectivity index (χ1) is 10.6. The average Bonchev–Trinajstić information content (AvgIpc) is 2.52. The normalized spacial score (nSPS) is 10.3. The fraction of sp³-hybridized carbons (Fsp3) is 0.235. The van der Waals surface area contributed by atoms with Gasteiger partial charge in [0.2, 0.25) is 0 Å². The van der Waals surface area contributed by atoms with Gasteiger partial charge in [-0.05, 0) is 36.6 Å². The number of carbonyl (C=O) groups is 1. The number of benzene rings is 2. The minimum Gasteiger partial charge on any atom is -0.482 e. The summed E-state index contributed by atoms with van der Waals surface area (Å²) in [6.45, 7) is 0.554. The Morgan fingerprint density at radius 2 is 1.86 bits per heavy atom. The van der Waals surface area contributed by atoms with Crippen molar-refractivity contribution in [3.8, 4) is 5.75 Å². The summed E-state index contributed by atoms with van der Waals surface area (Å²) in [5, 5.41) is 3.74. The van der Waals surface area contributed by atoms with E-state index in [2.05, 4.69) is 17.4 Å². The van der Waals surface area contributed by atoms with E-state index in [1.54, 1.807) is 18.2 Å². The highest BCUT2D eigenvalue weighted by atomic mass is 35.5. The fourth-order valence-corrected chi connectivity index (χ4v) is 2.41. The van der Waals surface area contributed by atoms with Crippen LogP contribution in [0.2, 0.25) is 10.0 Å². The Morgan fingerprint density at radius 3 is 2.59 bits per heavy atom. The molecular formula is C17H17Cl2NO2. The number of carbonyl (C=O) groups excluding carboxylic acids is 1. The zero-order chi connectivity index (χ0) is 15.8. The van der Waals surface area contributed by atoms with Gasteiger partial charge in [0.15, 0.2) is 6.61 Å². The van der Waals surface area contributed by atoms with E-state index >= 15 is 0 Å². The van der Waals surface area contributed by atoms with Crippen molar-refractivity contribution in [3.63, 3.8) is 0 Å². The molecular weight excluding hydrogens is 321 g/mol. The molecule has 3 nitrogen and oxygen atoms in total. The largest absolute Gasteiger partial charge is 0.482 e. The maximum Gasteiger partial charge on any atom is 0.257 e. The van der Waals surface area contributed by atoms with Gasteiger partial charge >= 0.3 is 0 Å². The van der Waals surface area contributed by atoms with E-state index in [-0.39, 0.29) is 12.5 Å². The lowest BCUT2D eigenvalue weighted by Crippen LogP contribution is -2.29.